The number of hydrogen-bond donors (Lipinski definition) is 2. The highest BCUT2D eigenvalue weighted by atomic mass is 32.2. The topological polar surface area (TPSA) is 115 Å². The summed E-state index contributed by atoms with van der Waals surface area (Å²) in [5.74, 6) is -0.168. The van der Waals surface area contributed by atoms with E-state index in [0.717, 1.165) is 5.56 Å². The molecule has 0 spiro atoms. The molecule has 0 aliphatic carbocycles. The number of rotatable bonds is 4. The molecule has 1 amide bonds. The van der Waals surface area contributed by atoms with E-state index >= 15 is 0 Å². The molecule has 0 unspecified atom stereocenters. The predicted octanol–water partition coefficient (Wildman–Crippen LogP) is 2.92. The molecule has 3 N–H and O–H groups in total. The first kappa shape index (κ1) is 17.3. The summed E-state index contributed by atoms with van der Waals surface area (Å²) in [5.41, 5.74) is 2.20. The first-order valence-corrected chi connectivity index (χ1v) is 9.65. The van der Waals surface area contributed by atoms with Gasteiger partial charge in [0.1, 0.15) is 4.90 Å². The van der Waals surface area contributed by atoms with Crippen LogP contribution in [0.15, 0.2) is 45.1 Å². The Bertz CT molecular complexity index is 1050. The van der Waals surface area contributed by atoms with Crippen LogP contribution in [0.25, 0.3) is 10.4 Å². The second-order valence-corrected chi connectivity index (χ2v) is 7.83. The molecule has 25 heavy (non-hydrogen) atoms. The molecule has 2 aromatic heterocycles. The number of aryl methyl sites for hydroxylation is 1. The zero-order chi connectivity index (χ0) is 18.2. The number of nitrogens with one attached hydrogen (secondary N) is 1. The van der Waals surface area contributed by atoms with Crippen LogP contribution < -0.4 is 10.5 Å². The lowest BCUT2D eigenvalue weighted by atomic mass is 10.1. The minimum atomic E-state index is -3.89. The number of primary sulfonamides is 1. The van der Waals surface area contributed by atoms with Crippen molar-refractivity contribution in [1.82, 2.24) is 5.16 Å². The standard InChI is InChI=1S/C16H15N3O4S2/c1-9-10(2)19-23-16(9)18-15(20)12-6-4-3-5-11(12)14-13(7-8-24-14)25(17,21)22/h3-8H,1-2H3,(H,18,20)(H2,17,21,22). The highest BCUT2D eigenvalue weighted by Gasteiger charge is 2.22. The number of benzene rings is 1. The van der Waals surface area contributed by atoms with Gasteiger partial charge in [0, 0.05) is 16.7 Å². The minimum absolute atomic E-state index is 0.00978. The fraction of sp³-hybridized carbons (Fsp3) is 0.125. The first-order valence-electron chi connectivity index (χ1n) is 7.23. The quantitative estimate of drug-likeness (QED) is 0.725. The maximum atomic E-state index is 12.7. The second kappa shape index (κ2) is 6.43. The highest BCUT2D eigenvalue weighted by Crippen LogP contribution is 2.34. The molecule has 1 aromatic carbocycles. The van der Waals surface area contributed by atoms with Gasteiger partial charge < -0.3 is 4.52 Å². The van der Waals surface area contributed by atoms with Crippen LogP contribution in [0.4, 0.5) is 5.88 Å². The first-order chi connectivity index (χ1) is 11.8. The van der Waals surface area contributed by atoms with Gasteiger partial charge in [0.15, 0.2) is 0 Å². The molecule has 0 atom stereocenters. The Morgan fingerprint density at radius 2 is 1.96 bits per heavy atom. The third-order valence-corrected chi connectivity index (χ3v) is 5.77. The Morgan fingerprint density at radius 1 is 1.24 bits per heavy atom. The van der Waals surface area contributed by atoms with E-state index in [1.807, 2.05) is 0 Å². The monoisotopic (exact) mass is 377 g/mol. The van der Waals surface area contributed by atoms with Crippen molar-refractivity contribution in [1.29, 1.82) is 0 Å². The fourth-order valence-electron chi connectivity index (χ4n) is 2.30. The number of hydrogen-bond acceptors (Lipinski definition) is 6. The summed E-state index contributed by atoms with van der Waals surface area (Å²) in [6.45, 7) is 3.55. The van der Waals surface area contributed by atoms with Gasteiger partial charge >= 0.3 is 0 Å². The number of nitrogens with two attached hydrogens (primary N) is 1. The summed E-state index contributed by atoms with van der Waals surface area (Å²) < 4.78 is 28.6. The van der Waals surface area contributed by atoms with Gasteiger partial charge in [-0.25, -0.2) is 13.6 Å². The van der Waals surface area contributed by atoms with E-state index in [2.05, 4.69) is 10.5 Å². The van der Waals surface area contributed by atoms with E-state index < -0.39 is 15.9 Å². The Morgan fingerprint density at radius 3 is 2.60 bits per heavy atom. The Kier molecular flexibility index (Phi) is 4.46. The van der Waals surface area contributed by atoms with Gasteiger partial charge in [0.2, 0.25) is 15.9 Å². The lowest BCUT2D eigenvalue weighted by molar-refractivity contribution is 0.102. The zero-order valence-corrected chi connectivity index (χ0v) is 15.1. The van der Waals surface area contributed by atoms with E-state index in [0.29, 0.717) is 21.7 Å². The van der Waals surface area contributed by atoms with Gasteiger partial charge in [0.05, 0.1) is 10.6 Å². The van der Waals surface area contributed by atoms with Crippen molar-refractivity contribution in [2.24, 2.45) is 5.14 Å². The van der Waals surface area contributed by atoms with Crippen molar-refractivity contribution in [3.05, 3.63) is 52.5 Å². The van der Waals surface area contributed by atoms with Gasteiger partial charge in [-0.2, -0.15) is 0 Å². The maximum absolute atomic E-state index is 12.7. The summed E-state index contributed by atoms with van der Waals surface area (Å²) in [4.78, 5) is 13.1. The van der Waals surface area contributed by atoms with E-state index in [9.17, 15) is 13.2 Å². The molecule has 3 rings (SSSR count). The smallest absolute Gasteiger partial charge is 0.258 e. The van der Waals surface area contributed by atoms with E-state index in [4.69, 9.17) is 9.66 Å². The molecule has 3 aromatic rings. The van der Waals surface area contributed by atoms with Crippen LogP contribution in [0.5, 0.6) is 0 Å². The van der Waals surface area contributed by atoms with Crippen molar-refractivity contribution >= 4 is 33.2 Å². The number of thiophene rings is 1. The Labute approximate surface area is 148 Å². The summed E-state index contributed by atoms with van der Waals surface area (Å²) in [5, 5.41) is 13.3. The Hall–Kier alpha value is -2.49. The largest absolute Gasteiger partial charge is 0.338 e. The van der Waals surface area contributed by atoms with Crippen LogP contribution in [0, 0.1) is 13.8 Å². The number of nitrogens with zero attached hydrogens (tertiary/aromatic N) is 1. The summed E-state index contributed by atoms with van der Waals surface area (Å²) in [6, 6.07) is 8.13. The molecule has 0 saturated heterocycles. The fourth-order valence-corrected chi connectivity index (χ4v) is 4.33. The average molecular weight is 377 g/mol. The summed E-state index contributed by atoms with van der Waals surface area (Å²) >= 11 is 1.20. The van der Waals surface area contributed by atoms with Gasteiger partial charge in [0.25, 0.3) is 5.91 Å². The van der Waals surface area contributed by atoms with Crippen molar-refractivity contribution < 1.29 is 17.7 Å². The number of anilines is 1. The van der Waals surface area contributed by atoms with Crippen LogP contribution in [0.2, 0.25) is 0 Å². The number of amides is 1. The van der Waals surface area contributed by atoms with Crippen LogP contribution in [0.1, 0.15) is 21.6 Å². The SMILES string of the molecule is Cc1noc(NC(=O)c2ccccc2-c2sccc2S(N)(=O)=O)c1C. The number of carbonyl (C=O) groups excluding carboxylic acids is 1. The molecular weight excluding hydrogens is 362 g/mol. The highest BCUT2D eigenvalue weighted by molar-refractivity contribution is 7.89. The van der Waals surface area contributed by atoms with Crippen LogP contribution >= 0.6 is 11.3 Å². The molecule has 2 heterocycles. The molecule has 0 saturated carbocycles. The molecule has 0 aliphatic heterocycles. The summed E-state index contributed by atoms with van der Waals surface area (Å²) in [6.07, 6.45) is 0. The molecule has 9 heteroatoms. The maximum Gasteiger partial charge on any atom is 0.258 e. The third kappa shape index (κ3) is 3.34. The normalized spacial score (nSPS) is 11.5. The predicted molar refractivity (Wildman–Crippen MR) is 95.1 cm³/mol. The van der Waals surface area contributed by atoms with Gasteiger partial charge in [-0.15, -0.1) is 11.3 Å². The number of carbonyl (C=O) groups is 1. The number of aromatic nitrogens is 1. The lowest BCUT2D eigenvalue weighted by Gasteiger charge is -2.09. The van der Waals surface area contributed by atoms with Gasteiger partial charge in [-0.3, -0.25) is 10.1 Å². The van der Waals surface area contributed by atoms with E-state index in [1.54, 1.807) is 43.5 Å². The zero-order valence-electron chi connectivity index (χ0n) is 13.4. The van der Waals surface area contributed by atoms with Crippen LogP contribution in [-0.4, -0.2) is 19.5 Å². The van der Waals surface area contributed by atoms with Crippen molar-refractivity contribution in [3.8, 4) is 10.4 Å². The lowest BCUT2D eigenvalue weighted by Crippen LogP contribution is -2.15. The van der Waals surface area contributed by atoms with E-state index in [-0.39, 0.29) is 10.8 Å². The molecule has 0 aliphatic rings. The van der Waals surface area contributed by atoms with Crippen molar-refractivity contribution in [2.75, 3.05) is 5.32 Å². The molecule has 0 fully saturated rings. The van der Waals surface area contributed by atoms with Crippen molar-refractivity contribution in [2.45, 2.75) is 18.7 Å². The second-order valence-electron chi connectivity index (χ2n) is 5.38. The number of sulfonamides is 1. The molecule has 0 radical (unpaired) electrons. The molecular formula is C16H15N3O4S2. The summed E-state index contributed by atoms with van der Waals surface area (Å²) in [7, 11) is -3.89. The molecule has 130 valence electrons. The molecule has 7 nitrogen and oxygen atoms in total. The van der Waals surface area contributed by atoms with Crippen LogP contribution in [0.3, 0.4) is 0 Å². The van der Waals surface area contributed by atoms with Gasteiger partial charge in [-0.05, 0) is 31.4 Å². The molecule has 0 bridgehead atoms. The third-order valence-electron chi connectivity index (χ3n) is 3.74. The average Bonchev–Trinajstić information content (AvgIpc) is 3.17. The van der Waals surface area contributed by atoms with Crippen molar-refractivity contribution in [3.63, 3.8) is 0 Å². The van der Waals surface area contributed by atoms with E-state index in [1.165, 1.54) is 17.4 Å². The minimum Gasteiger partial charge on any atom is -0.338 e. The van der Waals surface area contributed by atoms with Crippen LogP contribution in [-0.2, 0) is 10.0 Å². The Balaban J connectivity index is 2.04. The van der Waals surface area contributed by atoms with Gasteiger partial charge in [-0.1, -0.05) is 23.4 Å².